The number of ether oxygens (including phenoxy) is 1. The molecule has 0 saturated heterocycles. The zero-order valence-electron chi connectivity index (χ0n) is 16.5. The van der Waals surface area contributed by atoms with Gasteiger partial charge in [0, 0.05) is 16.8 Å². The van der Waals surface area contributed by atoms with E-state index in [-0.39, 0.29) is 22.3 Å². The Balaban J connectivity index is 1.62. The molecule has 31 heavy (non-hydrogen) atoms. The van der Waals surface area contributed by atoms with E-state index in [4.69, 9.17) is 27.9 Å². The minimum absolute atomic E-state index is 0.00162. The van der Waals surface area contributed by atoms with E-state index >= 15 is 0 Å². The molecule has 9 heteroatoms. The number of hydrogen-bond donors (Lipinski definition) is 2. The Morgan fingerprint density at radius 2 is 1.68 bits per heavy atom. The van der Waals surface area contributed by atoms with E-state index in [1.54, 1.807) is 31.2 Å². The summed E-state index contributed by atoms with van der Waals surface area (Å²) in [6.45, 7) is 1.46. The summed E-state index contributed by atoms with van der Waals surface area (Å²) >= 11 is 12.0. The van der Waals surface area contributed by atoms with Gasteiger partial charge in [-0.15, -0.1) is 0 Å². The number of halogens is 2. The van der Waals surface area contributed by atoms with E-state index < -0.39 is 22.0 Å². The molecule has 3 aromatic rings. The number of amides is 1. The first-order chi connectivity index (χ1) is 14.7. The molecule has 3 aromatic carbocycles. The van der Waals surface area contributed by atoms with Crippen molar-refractivity contribution in [3.8, 4) is 5.75 Å². The molecule has 0 aromatic heterocycles. The summed E-state index contributed by atoms with van der Waals surface area (Å²) in [6.07, 6.45) is 0. The first kappa shape index (κ1) is 23.1. The Hall–Kier alpha value is -2.58. The van der Waals surface area contributed by atoms with E-state index in [0.717, 1.165) is 5.56 Å². The van der Waals surface area contributed by atoms with Crippen LogP contribution in [-0.2, 0) is 14.8 Å². The summed E-state index contributed by atoms with van der Waals surface area (Å²) in [7, 11) is -3.80. The van der Waals surface area contributed by atoms with Crippen molar-refractivity contribution in [2.24, 2.45) is 0 Å². The fourth-order valence-corrected chi connectivity index (χ4v) is 4.43. The molecule has 2 N–H and O–H groups in total. The van der Waals surface area contributed by atoms with Gasteiger partial charge in [-0.3, -0.25) is 4.79 Å². The van der Waals surface area contributed by atoms with E-state index in [1.165, 1.54) is 18.2 Å². The van der Waals surface area contributed by atoms with Gasteiger partial charge in [0.05, 0.1) is 9.92 Å². The number of hydrogen-bond acceptors (Lipinski definition) is 4. The Labute approximate surface area is 191 Å². The average Bonchev–Trinajstić information content (AvgIpc) is 2.75. The van der Waals surface area contributed by atoms with Crippen LogP contribution >= 0.6 is 23.2 Å². The first-order valence-corrected chi connectivity index (χ1v) is 11.5. The quantitative estimate of drug-likeness (QED) is 0.474. The molecule has 0 saturated carbocycles. The Morgan fingerprint density at radius 3 is 2.32 bits per heavy atom. The Bertz CT molecular complexity index is 1150. The van der Waals surface area contributed by atoms with Crippen LogP contribution in [0.2, 0.25) is 10.0 Å². The maximum absolute atomic E-state index is 12.7. The molecule has 0 aliphatic heterocycles. The number of rotatable bonds is 8. The summed E-state index contributed by atoms with van der Waals surface area (Å²) in [5.74, 6) is -0.198. The minimum atomic E-state index is -3.80. The Kier molecular flexibility index (Phi) is 7.56. The molecule has 1 amide bonds. The molecule has 0 aliphatic carbocycles. The van der Waals surface area contributed by atoms with Crippen LogP contribution in [0.4, 0.5) is 5.69 Å². The van der Waals surface area contributed by atoms with Crippen LogP contribution in [0.3, 0.4) is 0 Å². The third kappa shape index (κ3) is 6.45. The largest absolute Gasteiger partial charge is 0.482 e. The Morgan fingerprint density at radius 1 is 1.00 bits per heavy atom. The number of carbonyl (C=O) groups is 1. The average molecular weight is 479 g/mol. The summed E-state index contributed by atoms with van der Waals surface area (Å²) < 4.78 is 33.4. The van der Waals surface area contributed by atoms with Crippen molar-refractivity contribution in [3.63, 3.8) is 0 Å². The first-order valence-electron chi connectivity index (χ1n) is 9.29. The molecule has 1 unspecified atom stereocenters. The van der Waals surface area contributed by atoms with Crippen molar-refractivity contribution in [2.75, 3.05) is 11.9 Å². The van der Waals surface area contributed by atoms with Gasteiger partial charge in [-0.05, 0) is 55.0 Å². The number of benzene rings is 3. The maximum Gasteiger partial charge on any atom is 0.262 e. The zero-order valence-corrected chi connectivity index (χ0v) is 18.8. The number of carbonyl (C=O) groups excluding carboxylic acids is 1. The molecule has 3 rings (SSSR count). The molecule has 0 spiro atoms. The van der Waals surface area contributed by atoms with E-state index in [2.05, 4.69) is 10.0 Å². The molecule has 0 bridgehead atoms. The van der Waals surface area contributed by atoms with Gasteiger partial charge in [0.15, 0.2) is 6.61 Å². The van der Waals surface area contributed by atoms with Gasteiger partial charge in [0.1, 0.15) is 5.75 Å². The van der Waals surface area contributed by atoms with Crippen molar-refractivity contribution < 1.29 is 17.9 Å². The molecule has 1 atom stereocenters. The van der Waals surface area contributed by atoms with Crippen molar-refractivity contribution in [2.45, 2.75) is 17.9 Å². The third-order valence-electron chi connectivity index (χ3n) is 4.33. The van der Waals surface area contributed by atoms with Crippen molar-refractivity contribution in [3.05, 3.63) is 88.4 Å². The van der Waals surface area contributed by atoms with Crippen LogP contribution in [0.1, 0.15) is 18.5 Å². The van der Waals surface area contributed by atoms with Crippen molar-refractivity contribution in [1.29, 1.82) is 0 Å². The minimum Gasteiger partial charge on any atom is -0.482 e. The predicted molar refractivity (Wildman–Crippen MR) is 122 cm³/mol. The van der Waals surface area contributed by atoms with Gasteiger partial charge in [0.2, 0.25) is 10.0 Å². The van der Waals surface area contributed by atoms with Crippen molar-refractivity contribution in [1.82, 2.24) is 4.72 Å². The summed E-state index contributed by atoms with van der Waals surface area (Å²) in [5.41, 5.74) is 1.41. The second-order valence-corrected chi connectivity index (χ2v) is 9.25. The smallest absolute Gasteiger partial charge is 0.262 e. The molecular weight excluding hydrogens is 459 g/mol. The summed E-state index contributed by atoms with van der Waals surface area (Å²) in [4.78, 5) is 12.0. The number of anilines is 1. The van der Waals surface area contributed by atoms with Crippen LogP contribution in [0.15, 0.2) is 77.7 Å². The van der Waals surface area contributed by atoms with Crippen LogP contribution in [-0.4, -0.2) is 20.9 Å². The van der Waals surface area contributed by atoms with Crippen molar-refractivity contribution >= 4 is 44.8 Å². The molecule has 0 aliphatic rings. The summed E-state index contributed by atoms with van der Waals surface area (Å²) in [6, 6.07) is 19.5. The lowest BCUT2D eigenvalue weighted by atomic mass is 10.1. The lowest BCUT2D eigenvalue weighted by Gasteiger charge is -2.15. The topological polar surface area (TPSA) is 84.5 Å². The fraction of sp³-hybridized carbons (Fsp3) is 0.136. The van der Waals surface area contributed by atoms with Crippen LogP contribution in [0.5, 0.6) is 5.75 Å². The van der Waals surface area contributed by atoms with Gasteiger partial charge < -0.3 is 10.1 Å². The SMILES string of the molecule is CC(NS(=O)(=O)c1ccc(OCC(=O)Nc2ccc(Cl)cc2)c(Cl)c1)c1ccccc1. The van der Waals surface area contributed by atoms with Crippen LogP contribution in [0, 0.1) is 0 Å². The monoisotopic (exact) mass is 478 g/mol. The molecule has 162 valence electrons. The molecule has 0 fully saturated rings. The van der Waals surface area contributed by atoms with Gasteiger partial charge in [-0.1, -0.05) is 53.5 Å². The highest BCUT2D eigenvalue weighted by molar-refractivity contribution is 7.89. The second kappa shape index (κ2) is 10.2. The lowest BCUT2D eigenvalue weighted by Crippen LogP contribution is -2.27. The highest BCUT2D eigenvalue weighted by Gasteiger charge is 2.20. The van der Waals surface area contributed by atoms with Crippen LogP contribution < -0.4 is 14.8 Å². The predicted octanol–water partition coefficient (Wildman–Crippen LogP) is 5.05. The highest BCUT2D eigenvalue weighted by atomic mass is 35.5. The van der Waals surface area contributed by atoms with E-state index in [9.17, 15) is 13.2 Å². The van der Waals surface area contributed by atoms with Gasteiger partial charge >= 0.3 is 0 Å². The second-order valence-electron chi connectivity index (χ2n) is 6.69. The normalized spacial score (nSPS) is 12.2. The molecule has 0 radical (unpaired) electrons. The summed E-state index contributed by atoms with van der Waals surface area (Å²) in [5, 5.41) is 3.30. The van der Waals surface area contributed by atoms with E-state index in [1.807, 2.05) is 30.3 Å². The molecule has 6 nitrogen and oxygen atoms in total. The highest BCUT2D eigenvalue weighted by Crippen LogP contribution is 2.28. The maximum atomic E-state index is 12.7. The third-order valence-corrected chi connectivity index (χ3v) is 6.42. The molecule has 0 heterocycles. The molecular formula is C22H20Cl2N2O4S. The lowest BCUT2D eigenvalue weighted by molar-refractivity contribution is -0.118. The standard InChI is InChI=1S/C22H20Cl2N2O4S/c1-15(16-5-3-2-4-6-16)26-31(28,29)19-11-12-21(20(24)13-19)30-14-22(27)25-18-9-7-17(23)8-10-18/h2-13,15,26H,14H2,1H3,(H,25,27). The van der Waals surface area contributed by atoms with E-state index in [0.29, 0.717) is 10.7 Å². The zero-order chi connectivity index (χ0) is 22.4. The van der Waals surface area contributed by atoms with Gasteiger partial charge in [0.25, 0.3) is 5.91 Å². The number of sulfonamides is 1. The van der Waals surface area contributed by atoms with Crippen LogP contribution in [0.25, 0.3) is 0 Å². The fourth-order valence-electron chi connectivity index (χ4n) is 2.75. The van der Waals surface area contributed by atoms with Gasteiger partial charge in [-0.2, -0.15) is 0 Å². The van der Waals surface area contributed by atoms with Gasteiger partial charge in [-0.25, -0.2) is 13.1 Å². The number of nitrogens with one attached hydrogen (secondary N) is 2.